The van der Waals surface area contributed by atoms with Gasteiger partial charge >= 0.3 is 0 Å². The summed E-state index contributed by atoms with van der Waals surface area (Å²) in [6.45, 7) is 3.53. The van der Waals surface area contributed by atoms with E-state index in [1.54, 1.807) is 31.5 Å². The van der Waals surface area contributed by atoms with Crippen LogP contribution in [0, 0.1) is 0 Å². The van der Waals surface area contributed by atoms with Crippen molar-refractivity contribution in [2.24, 2.45) is 5.10 Å². The summed E-state index contributed by atoms with van der Waals surface area (Å²) in [6, 6.07) is 38.1. The lowest BCUT2D eigenvalue weighted by Gasteiger charge is -2.13. The Hall–Kier alpha value is -5.76. The molecule has 0 aliphatic heterocycles. The highest BCUT2D eigenvalue weighted by molar-refractivity contribution is 5.95. The van der Waals surface area contributed by atoms with Crippen molar-refractivity contribution in [1.82, 2.24) is 5.43 Å². The maximum Gasteiger partial charge on any atom is 0.271 e. The number of hydrogen-bond acceptors (Lipinski definition) is 7. The van der Waals surface area contributed by atoms with Crippen LogP contribution in [0.5, 0.6) is 28.7 Å². The average Bonchev–Trinajstić information content (AvgIpc) is 3.11. The molecule has 234 valence electrons. The molecule has 5 aromatic carbocycles. The Balaban J connectivity index is 1.11. The van der Waals surface area contributed by atoms with Crippen molar-refractivity contribution in [2.45, 2.75) is 26.7 Å². The highest BCUT2D eigenvalue weighted by Crippen LogP contribution is 2.30. The van der Waals surface area contributed by atoms with E-state index in [-0.39, 0.29) is 5.91 Å². The molecule has 8 heteroatoms. The topological polar surface area (TPSA) is 87.6 Å². The molecule has 0 fully saturated rings. The maximum atomic E-state index is 12.8. The number of hydrazone groups is 1. The quantitative estimate of drug-likeness (QED) is 0.0963. The number of nitrogens with one attached hydrogen (secondary N) is 1. The largest absolute Gasteiger partial charge is 0.493 e. The molecule has 0 saturated heterocycles. The fourth-order valence-electron chi connectivity index (χ4n) is 4.48. The number of rotatable bonds is 15. The Kier molecular flexibility index (Phi) is 11.3. The summed E-state index contributed by atoms with van der Waals surface area (Å²) in [4.78, 5) is 12.8. The SMILES string of the molecule is CCOc1cc(C(=O)N/N=C/c2ccc(OCc3ccc(OCc4ccccc4)c(OC)c3)cc2)ccc1OCc1ccccc1. The van der Waals surface area contributed by atoms with Crippen LogP contribution in [-0.4, -0.2) is 25.8 Å². The lowest BCUT2D eigenvalue weighted by molar-refractivity contribution is 0.0954. The molecule has 0 radical (unpaired) electrons. The molecule has 1 N–H and O–H groups in total. The van der Waals surface area contributed by atoms with Crippen molar-refractivity contribution in [3.63, 3.8) is 0 Å². The van der Waals surface area contributed by atoms with Gasteiger partial charge in [-0.3, -0.25) is 4.79 Å². The lowest BCUT2D eigenvalue weighted by atomic mass is 10.2. The van der Waals surface area contributed by atoms with Crippen LogP contribution in [0.2, 0.25) is 0 Å². The zero-order valence-corrected chi connectivity index (χ0v) is 25.8. The van der Waals surface area contributed by atoms with Crippen molar-refractivity contribution in [3.05, 3.63) is 149 Å². The number of amides is 1. The first-order valence-corrected chi connectivity index (χ1v) is 14.9. The zero-order chi connectivity index (χ0) is 32.0. The minimum atomic E-state index is -0.362. The number of hydrogen-bond donors (Lipinski definition) is 1. The van der Waals surface area contributed by atoms with Crippen LogP contribution in [0.1, 0.15) is 39.5 Å². The summed E-state index contributed by atoms with van der Waals surface area (Å²) in [5.41, 5.74) is 6.84. The molecule has 5 aromatic rings. The van der Waals surface area contributed by atoms with Gasteiger partial charge in [-0.15, -0.1) is 0 Å². The third-order valence-corrected chi connectivity index (χ3v) is 6.87. The highest BCUT2D eigenvalue weighted by Gasteiger charge is 2.12. The molecule has 0 atom stereocenters. The van der Waals surface area contributed by atoms with Gasteiger partial charge in [-0.25, -0.2) is 5.43 Å². The molecule has 0 heterocycles. The highest BCUT2D eigenvalue weighted by atomic mass is 16.5. The van der Waals surface area contributed by atoms with Gasteiger partial charge < -0.3 is 23.7 Å². The minimum Gasteiger partial charge on any atom is -0.493 e. The molecule has 0 aliphatic rings. The van der Waals surface area contributed by atoms with E-state index in [1.807, 2.05) is 110 Å². The number of nitrogens with zero attached hydrogens (tertiary/aromatic N) is 1. The van der Waals surface area contributed by atoms with E-state index in [9.17, 15) is 4.79 Å². The van der Waals surface area contributed by atoms with Crippen LogP contribution in [-0.2, 0) is 19.8 Å². The maximum absolute atomic E-state index is 12.8. The van der Waals surface area contributed by atoms with Gasteiger partial charge in [0, 0.05) is 5.56 Å². The van der Waals surface area contributed by atoms with E-state index >= 15 is 0 Å². The second-order valence-electron chi connectivity index (χ2n) is 10.2. The number of carbonyl (C=O) groups excluding carboxylic acids is 1. The fraction of sp³-hybridized carbons (Fsp3) is 0.158. The first-order chi connectivity index (χ1) is 22.6. The minimum absolute atomic E-state index is 0.360. The van der Waals surface area contributed by atoms with E-state index in [0.29, 0.717) is 60.7 Å². The van der Waals surface area contributed by atoms with Gasteiger partial charge in [0.15, 0.2) is 23.0 Å². The summed E-state index contributed by atoms with van der Waals surface area (Å²) >= 11 is 0. The van der Waals surface area contributed by atoms with Crippen molar-refractivity contribution in [1.29, 1.82) is 0 Å². The summed E-state index contributed by atoms with van der Waals surface area (Å²) in [5.74, 6) is 2.72. The predicted molar refractivity (Wildman–Crippen MR) is 178 cm³/mol. The molecule has 0 aromatic heterocycles. The van der Waals surface area contributed by atoms with Crippen molar-refractivity contribution >= 4 is 12.1 Å². The second-order valence-corrected chi connectivity index (χ2v) is 10.2. The molecule has 0 aliphatic carbocycles. The molecule has 1 amide bonds. The number of ether oxygens (including phenoxy) is 5. The molecule has 0 bridgehead atoms. The number of carbonyl (C=O) groups is 1. The Bertz CT molecular complexity index is 1720. The molecule has 0 unspecified atom stereocenters. The van der Waals surface area contributed by atoms with Crippen LogP contribution in [0.15, 0.2) is 126 Å². The molecule has 5 rings (SSSR count). The van der Waals surface area contributed by atoms with Crippen LogP contribution < -0.4 is 29.1 Å². The van der Waals surface area contributed by atoms with Crippen molar-refractivity contribution < 1.29 is 28.5 Å². The Morgan fingerprint density at radius 3 is 1.87 bits per heavy atom. The standard InChI is InChI=1S/C38H36N2O6/c1-3-43-37-23-32(17-21-35(37)46-26-30-12-8-5-9-13-30)38(41)40-39-24-28-14-18-33(19-15-28)44-27-31-16-20-34(36(22-31)42-2)45-25-29-10-6-4-7-11-29/h4-24H,3,25-27H2,1-2H3,(H,40,41)/b39-24+. The van der Waals surface area contributed by atoms with Crippen molar-refractivity contribution in [2.75, 3.05) is 13.7 Å². The Morgan fingerprint density at radius 2 is 1.24 bits per heavy atom. The molecule has 46 heavy (non-hydrogen) atoms. The smallest absolute Gasteiger partial charge is 0.271 e. The van der Waals surface area contributed by atoms with E-state index < -0.39 is 0 Å². The van der Waals surface area contributed by atoms with Gasteiger partial charge in [0.25, 0.3) is 5.91 Å². The van der Waals surface area contributed by atoms with E-state index in [4.69, 9.17) is 23.7 Å². The third kappa shape index (κ3) is 9.12. The monoisotopic (exact) mass is 616 g/mol. The number of methoxy groups -OCH3 is 1. The fourth-order valence-corrected chi connectivity index (χ4v) is 4.48. The second kappa shape index (κ2) is 16.4. The van der Waals surface area contributed by atoms with Crippen molar-refractivity contribution in [3.8, 4) is 28.7 Å². The van der Waals surface area contributed by atoms with E-state index in [2.05, 4.69) is 10.5 Å². The van der Waals surface area contributed by atoms with Crippen LogP contribution in [0.3, 0.4) is 0 Å². The Labute approximate surface area is 269 Å². The number of benzene rings is 5. The molecule has 0 spiro atoms. The summed E-state index contributed by atoms with van der Waals surface area (Å²) in [7, 11) is 1.62. The van der Waals surface area contributed by atoms with Crippen LogP contribution in [0.25, 0.3) is 0 Å². The molecular formula is C38H36N2O6. The van der Waals surface area contributed by atoms with Gasteiger partial charge in [-0.2, -0.15) is 5.10 Å². The normalized spacial score (nSPS) is 10.7. The van der Waals surface area contributed by atoms with Gasteiger partial charge in [0.05, 0.1) is 19.9 Å². The lowest BCUT2D eigenvalue weighted by Crippen LogP contribution is -2.17. The van der Waals surface area contributed by atoms with Crippen LogP contribution in [0.4, 0.5) is 0 Å². The zero-order valence-electron chi connectivity index (χ0n) is 25.8. The Morgan fingerprint density at radius 1 is 0.630 bits per heavy atom. The first-order valence-electron chi connectivity index (χ1n) is 14.9. The molecular weight excluding hydrogens is 580 g/mol. The third-order valence-electron chi connectivity index (χ3n) is 6.87. The first kappa shape index (κ1) is 31.7. The summed E-state index contributed by atoms with van der Waals surface area (Å²) in [5, 5.41) is 4.11. The van der Waals surface area contributed by atoms with E-state index in [1.165, 1.54) is 0 Å². The van der Waals surface area contributed by atoms with Gasteiger partial charge in [-0.1, -0.05) is 66.7 Å². The van der Waals surface area contributed by atoms with Gasteiger partial charge in [0.1, 0.15) is 25.6 Å². The predicted octanol–water partition coefficient (Wildman–Crippen LogP) is 7.59. The van der Waals surface area contributed by atoms with E-state index in [0.717, 1.165) is 22.3 Å². The summed E-state index contributed by atoms with van der Waals surface area (Å²) in [6.07, 6.45) is 1.57. The average molecular weight is 617 g/mol. The van der Waals surface area contributed by atoms with Gasteiger partial charge in [0.2, 0.25) is 0 Å². The molecule has 0 saturated carbocycles. The molecule has 8 nitrogen and oxygen atoms in total. The summed E-state index contributed by atoms with van der Waals surface area (Å²) < 4.78 is 29.1. The van der Waals surface area contributed by atoms with Gasteiger partial charge in [-0.05, 0) is 83.8 Å². The van der Waals surface area contributed by atoms with Crippen LogP contribution >= 0.6 is 0 Å².